The Labute approximate surface area is 121 Å². The van der Waals surface area contributed by atoms with Crippen LogP contribution < -0.4 is 15.0 Å². The molecule has 0 aliphatic carbocycles. The summed E-state index contributed by atoms with van der Waals surface area (Å²) in [5, 5.41) is 47.3. The maximum Gasteiger partial charge on any atom is 0.341 e. The standard InChI is InChI=1S/C12H11NO9/c1-21-10-5-4(6(16)8(18)12(20)13-5)7(17)11(9(10)19)22-2-3(14)15/h17-19H,2H2,1H3,(H,14,15)(H2,13,16,20). The van der Waals surface area contributed by atoms with Crippen LogP contribution in [0.15, 0.2) is 4.79 Å². The molecule has 0 aliphatic heterocycles. The highest BCUT2D eigenvalue weighted by Gasteiger charge is 2.26. The van der Waals surface area contributed by atoms with Gasteiger partial charge in [0.05, 0.1) is 12.5 Å². The van der Waals surface area contributed by atoms with Gasteiger partial charge in [0.25, 0.3) is 5.56 Å². The van der Waals surface area contributed by atoms with Gasteiger partial charge in [-0.2, -0.15) is 0 Å². The van der Waals surface area contributed by atoms with Crippen LogP contribution >= 0.6 is 0 Å². The summed E-state index contributed by atoms with van der Waals surface area (Å²) in [6.45, 7) is -0.897. The van der Waals surface area contributed by atoms with Gasteiger partial charge in [-0.1, -0.05) is 0 Å². The van der Waals surface area contributed by atoms with E-state index >= 15 is 0 Å². The number of H-pyrrole nitrogens is 1. The smallest absolute Gasteiger partial charge is 0.341 e. The molecule has 0 amide bonds. The molecule has 10 heteroatoms. The third-order valence-electron chi connectivity index (χ3n) is 2.82. The molecule has 22 heavy (non-hydrogen) atoms. The van der Waals surface area contributed by atoms with Crippen molar-refractivity contribution in [1.82, 2.24) is 4.98 Å². The number of hydrogen-bond acceptors (Lipinski definition) is 8. The lowest BCUT2D eigenvalue weighted by Crippen LogP contribution is -2.11. The zero-order valence-corrected chi connectivity index (χ0v) is 11.1. The molecule has 0 fully saturated rings. The number of methoxy groups -OCH3 is 1. The topological polar surface area (TPSA) is 170 Å². The fraction of sp³-hybridized carbons (Fsp3) is 0.167. The molecular formula is C12H11NO9. The van der Waals surface area contributed by atoms with Gasteiger partial charge in [-0.25, -0.2) is 4.79 Å². The number of aromatic nitrogens is 1. The fourth-order valence-electron chi connectivity index (χ4n) is 1.90. The van der Waals surface area contributed by atoms with Crippen LogP contribution in [0.1, 0.15) is 0 Å². The maximum atomic E-state index is 11.5. The van der Waals surface area contributed by atoms with Crippen molar-refractivity contribution in [2.24, 2.45) is 0 Å². The predicted octanol–water partition coefficient (Wildman–Crippen LogP) is -0.178. The number of nitrogens with one attached hydrogen (secondary N) is 1. The number of ether oxygens (including phenoxy) is 2. The minimum Gasteiger partial charge on any atom is -0.504 e. The first-order valence-corrected chi connectivity index (χ1v) is 5.74. The molecule has 0 unspecified atom stereocenters. The number of benzene rings is 1. The monoisotopic (exact) mass is 313 g/mol. The second-order valence-corrected chi connectivity index (χ2v) is 4.14. The molecule has 0 saturated carbocycles. The van der Waals surface area contributed by atoms with E-state index in [1.807, 2.05) is 0 Å². The molecule has 2 aromatic rings. The number of carbonyl (C=O) groups is 1. The summed E-state index contributed by atoms with van der Waals surface area (Å²) in [6.07, 6.45) is 0. The number of pyridine rings is 1. The molecule has 1 aromatic heterocycles. The summed E-state index contributed by atoms with van der Waals surface area (Å²) in [5.74, 6) is -6.16. The van der Waals surface area contributed by atoms with Gasteiger partial charge < -0.3 is 40.0 Å². The normalized spacial score (nSPS) is 10.6. The van der Waals surface area contributed by atoms with Crippen molar-refractivity contribution >= 4 is 16.9 Å². The number of phenolic OH excluding ortho intramolecular Hbond substituents is 2. The maximum absolute atomic E-state index is 11.5. The Balaban J connectivity index is 2.89. The average molecular weight is 313 g/mol. The molecule has 0 radical (unpaired) electrons. The lowest BCUT2D eigenvalue weighted by molar-refractivity contribution is -0.139. The Kier molecular flexibility index (Phi) is 3.59. The van der Waals surface area contributed by atoms with Crippen LogP contribution in [0.3, 0.4) is 0 Å². The van der Waals surface area contributed by atoms with Crippen molar-refractivity contribution in [2.75, 3.05) is 13.7 Å². The van der Waals surface area contributed by atoms with Crippen LogP contribution in [0.5, 0.6) is 34.5 Å². The van der Waals surface area contributed by atoms with Crippen molar-refractivity contribution in [3.8, 4) is 34.5 Å². The molecule has 118 valence electrons. The molecule has 0 saturated heterocycles. The van der Waals surface area contributed by atoms with Gasteiger partial charge in [0.2, 0.25) is 17.2 Å². The molecule has 10 nitrogen and oxygen atoms in total. The SMILES string of the molecule is COc1c(O)c(OCC(=O)O)c(O)c2c(O)c(O)c(=O)[nH]c12. The lowest BCUT2D eigenvalue weighted by Gasteiger charge is -2.15. The van der Waals surface area contributed by atoms with Gasteiger partial charge in [-0.3, -0.25) is 4.79 Å². The van der Waals surface area contributed by atoms with Crippen LogP contribution in [-0.4, -0.2) is 50.2 Å². The van der Waals surface area contributed by atoms with Gasteiger partial charge in [0.15, 0.2) is 23.9 Å². The van der Waals surface area contributed by atoms with Crippen LogP contribution in [0.4, 0.5) is 0 Å². The van der Waals surface area contributed by atoms with E-state index in [2.05, 4.69) is 4.98 Å². The van der Waals surface area contributed by atoms with Crippen molar-refractivity contribution in [2.45, 2.75) is 0 Å². The number of fused-ring (bicyclic) bond motifs is 1. The minimum absolute atomic E-state index is 0.305. The second kappa shape index (κ2) is 5.24. The van der Waals surface area contributed by atoms with E-state index in [4.69, 9.17) is 14.6 Å². The molecule has 1 heterocycles. The highest BCUT2D eigenvalue weighted by Crippen LogP contribution is 2.52. The predicted molar refractivity (Wildman–Crippen MR) is 70.9 cm³/mol. The number of phenols is 2. The first-order chi connectivity index (χ1) is 10.3. The number of aromatic amines is 1. The van der Waals surface area contributed by atoms with Gasteiger partial charge in [-0.05, 0) is 0 Å². The van der Waals surface area contributed by atoms with Crippen molar-refractivity contribution in [3.63, 3.8) is 0 Å². The molecule has 0 bridgehead atoms. The quantitative estimate of drug-likeness (QED) is 0.448. The average Bonchev–Trinajstić information content (AvgIpc) is 2.44. The molecule has 0 spiro atoms. The second-order valence-electron chi connectivity index (χ2n) is 4.14. The summed E-state index contributed by atoms with van der Waals surface area (Å²) in [7, 11) is 1.12. The third kappa shape index (κ3) is 2.16. The minimum atomic E-state index is -1.38. The Morgan fingerprint density at radius 2 is 1.68 bits per heavy atom. The van der Waals surface area contributed by atoms with Crippen LogP contribution in [-0.2, 0) is 4.79 Å². The summed E-state index contributed by atoms with van der Waals surface area (Å²) < 4.78 is 9.60. The summed E-state index contributed by atoms with van der Waals surface area (Å²) in [4.78, 5) is 24.1. The Morgan fingerprint density at radius 1 is 1.05 bits per heavy atom. The molecule has 0 aliphatic rings. The van der Waals surface area contributed by atoms with E-state index in [9.17, 15) is 30.0 Å². The first-order valence-electron chi connectivity index (χ1n) is 5.74. The zero-order valence-electron chi connectivity index (χ0n) is 11.1. The van der Waals surface area contributed by atoms with E-state index in [1.165, 1.54) is 0 Å². The molecule has 0 atom stereocenters. The molecule has 6 N–H and O–H groups in total. The fourth-order valence-corrected chi connectivity index (χ4v) is 1.90. The van der Waals surface area contributed by atoms with Crippen molar-refractivity contribution < 1.29 is 39.8 Å². The lowest BCUT2D eigenvalue weighted by atomic mass is 10.1. The van der Waals surface area contributed by atoms with Gasteiger partial charge in [0.1, 0.15) is 5.52 Å². The molecule has 1 aromatic carbocycles. The first kappa shape index (κ1) is 15.1. The van der Waals surface area contributed by atoms with E-state index in [0.29, 0.717) is 0 Å². The zero-order chi connectivity index (χ0) is 16.6. The van der Waals surface area contributed by atoms with Gasteiger partial charge in [-0.15, -0.1) is 0 Å². The summed E-state index contributed by atoms with van der Waals surface area (Å²) >= 11 is 0. The number of aromatic hydroxyl groups is 4. The highest BCUT2D eigenvalue weighted by atomic mass is 16.5. The Morgan fingerprint density at radius 3 is 2.23 bits per heavy atom. The number of rotatable bonds is 4. The van der Waals surface area contributed by atoms with Crippen molar-refractivity contribution in [1.29, 1.82) is 0 Å². The van der Waals surface area contributed by atoms with E-state index in [0.717, 1.165) is 7.11 Å². The number of hydrogen-bond donors (Lipinski definition) is 6. The Bertz CT molecular complexity index is 824. The van der Waals surface area contributed by atoms with E-state index < -0.39 is 52.3 Å². The van der Waals surface area contributed by atoms with E-state index in [1.54, 1.807) is 0 Å². The van der Waals surface area contributed by atoms with Gasteiger partial charge >= 0.3 is 5.97 Å². The van der Waals surface area contributed by atoms with Gasteiger partial charge in [0, 0.05) is 0 Å². The number of carboxylic acid groups (broad SMARTS) is 1. The summed E-state index contributed by atoms with van der Waals surface area (Å²) in [6, 6.07) is 0. The number of carboxylic acids is 1. The highest BCUT2D eigenvalue weighted by molar-refractivity contribution is 6.00. The Hall–Kier alpha value is -3.30. The molecular weight excluding hydrogens is 302 g/mol. The van der Waals surface area contributed by atoms with Crippen LogP contribution in [0.25, 0.3) is 10.9 Å². The van der Waals surface area contributed by atoms with Crippen LogP contribution in [0.2, 0.25) is 0 Å². The largest absolute Gasteiger partial charge is 0.504 e. The summed E-state index contributed by atoms with van der Waals surface area (Å²) in [5.41, 5.74) is -1.39. The number of aliphatic carboxylic acids is 1. The van der Waals surface area contributed by atoms with E-state index in [-0.39, 0.29) is 11.3 Å². The molecule has 2 rings (SSSR count). The third-order valence-corrected chi connectivity index (χ3v) is 2.82. The van der Waals surface area contributed by atoms with Crippen molar-refractivity contribution in [3.05, 3.63) is 10.4 Å². The van der Waals surface area contributed by atoms with Crippen LogP contribution in [0, 0.1) is 0 Å².